The zero-order valence-electron chi connectivity index (χ0n) is 6.66. The molecular weight excluding hydrogens is 142 g/mol. The second kappa shape index (κ2) is 5.18. The van der Waals surface area contributed by atoms with Crippen LogP contribution in [0.4, 0.5) is 0 Å². The standard InChI is InChI=1S/C8H13NS/c1-4-5-6-7-8(10)9(2)3/h4-7H,1-3H3. The summed E-state index contributed by atoms with van der Waals surface area (Å²) in [6.07, 6.45) is 7.75. The lowest BCUT2D eigenvalue weighted by Gasteiger charge is -2.07. The van der Waals surface area contributed by atoms with Gasteiger partial charge in [-0.3, -0.25) is 0 Å². The van der Waals surface area contributed by atoms with Gasteiger partial charge in [0.2, 0.25) is 0 Å². The van der Waals surface area contributed by atoms with Crippen LogP contribution in [0.5, 0.6) is 0 Å². The first-order chi connectivity index (χ1) is 4.68. The van der Waals surface area contributed by atoms with Gasteiger partial charge < -0.3 is 4.90 Å². The monoisotopic (exact) mass is 155 g/mol. The summed E-state index contributed by atoms with van der Waals surface area (Å²) in [6, 6.07) is 0. The Morgan fingerprint density at radius 3 is 2.30 bits per heavy atom. The summed E-state index contributed by atoms with van der Waals surface area (Å²) < 4.78 is 0. The van der Waals surface area contributed by atoms with Gasteiger partial charge in [-0.2, -0.15) is 0 Å². The van der Waals surface area contributed by atoms with Crippen LogP contribution in [0.2, 0.25) is 0 Å². The van der Waals surface area contributed by atoms with E-state index in [9.17, 15) is 0 Å². The van der Waals surface area contributed by atoms with Crippen LogP contribution in [0.1, 0.15) is 6.92 Å². The molecule has 0 heterocycles. The van der Waals surface area contributed by atoms with E-state index in [1.807, 2.05) is 50.2 Å². The third-order valence-electron chi connectivity index (χ3n) is 0.983. The summed E-state index contributed by atoms with van der Waals surface area (Å²) in [7, 11) is 3.87. The van der Waals surface area contributed by atoms with Crippen LogP contribution in [-0.2, 0) is 0 Å². The molecule has 0 unspecified atom stereocenters. The summed E-state index contributed by atoms with van der Waals surface area (Å²) in [6.45, 7) is 1.98. The van der Waals surface area contributed by atoms with Gasteiger partial charge in [-0.1, -0.05) is 30.4 Å². The summed E-state index contributed by atoms with van der Waals surface area (Å²) in [5.74, 6) is 0. The molecule has 0 bridgehead atoms. The Bertz CT molecular complexity index is 157. The highest BCUT2D eigenvalue weighted by molar-refractivity contribution is 7.80. The molecule has 0 radical (unpaired) electrons. The molecule has 0 fully saturated rings. The number of allylic oxidation sites excluding steroid dienone is 3. The Balaban J connectivity index is 3.78. The number of hydrogen-bond donors (Lipinski definition) is 0. The van der Waals surface area contributed by atoms with Crippen molar-refractivity contribution < 1.29 is 0 Å². The van der Waals surface area contributed by atoms with Crippen molar-refractivity contribution in [1.29, 1.82) is 0 Å². The van der Waals surface area contributed by atoms with Crippen LogP contribution in [0, 0.1) is 0 Å². The lowest BCUT2D eigenvalue weighted by Crippen LogP contribution is -2.16. The zero-order valence-corrected chi connectivity index (χ0v) is 7.48. The van der Waals surface area contributed by atoms with Crippen molar-refractivity contribution in [3.63, 3.8) is 0 Å². The molecule has 0 aliphatic carbocycles. The molecule has 0 aliphatic rings. The molecule has 2 heteroatoms. The molecule has 56 valence electrons. The molecule has 0 amide bonds. The van der Waals surface area contributed by atoms with E-state index in [1.54, 1.807) is 0 Å². The molecule has 0 N–H and O–H groups in total. The molecule has 0 spiro atoms. The maximum atomic E-state index is 5.00. The third kappa shape index (κ3) is 4.27. The first kappa shape index (κ1) is 9.37. The van der Waals surface area contributed by atoms with Gasteiger partial charge in [-0.15, -0.1) is 0 Å². The smallest absolute Gasteiger partial charge is 0.101 e. The van der Waals surface area contributed by atoms with E-state index in [1.165, 1.54) is 0 Å². The molecule has 0 rings (SSSR count). The van der Waals surface area contributed by atoms with Gasteiger partial charge in [0.25, 0.3) is 0 Å². The van der Waals surface area contributed by atoms with E-state index in [2.05, 4.69) is 0 Å². The van der Waals surface area contributed by atoms with Crippen molar-refractivity contribution >= 4 is 17.2 Å². The Morgan fingerprint density at radius 2 is 1.90 bits per heavy atom. The minimum atomic E-state index is 0.845. The van der Waals surface area contributed by atoms with Crippen LogP contribution in [0.15, 0.2) is 24.3 Å². The summed E-state index contributed by atoms with van der Waals surface area (Å²) >= 11 is 5.00. The van der Waals surface area contributed by atoms with Crippen molar-refractivity contribution in [3.8, 4) is 0 Å². The van der Waals surface area contributed by atoms with Crippen LogP contribution in [0.3, 0.4) is 0 Å². The first-order valence-corrected chi connectivity index (χ1v) is 3.60. The lowest BCUT2D eigenvalue weighted by atomic mass is 10.4. The van der Waals surface area contributed by atoms with Gasteiger partial charge in [0.1, 0.15) is 4.99 Å². The average molecular weight is 155 g/mol. The normalized spacial score (nSPS) is 11.1. The van der Waals surface area contributed by atoms with E-state index in [4.69, 9.17) is 12.2 Å². The van der Waals surface area contributed by atoms with Gasteiger partial charge in [-0.05, 0) is 13.0 Å². The fraction of sp³-hybridized carbons (Fsp3) is 0.375. The van der Waals surface area contributed by atoms with E-state index < -0.39 is 0 Å². The van der Waals surface area contributed by atoms with E-state index in [0.29, 0.717) is 0 Å². The predicted octanol–water partition coefficient (Wildman–Crippen LogP) is 2.01. The van der Waals surface area contributed by atoms with Crippen LogP contribution in [0.25, 0.3) is 0 Å². The van der Waals surface area contributed by atoms with Gasteiger partial charge in [0.15, 0.2) is 0 Å². The largest absolute Gasteiger partial charge is 0.369 e. The average Bonchev–Trinajstić information content (AvgIpc) is 1.88. The van der Waals surface area contributed by atoms with Crippen molar-refractivity contribution in [2.45, 2.75) is 6.92 Å². The number of nitrogens with zero attached hydrogens (tertiary/aromatic N) is 1. The van der Waals surface area contributed by atoms with Crippen LogP contribution in [-0.4, -0.2) is 24.0 Å². The van der Waals surface area contributed by atoms with E-state index in [0.717, 1.165) is 4.99 Å². The summed E-state index contributed by atoms with van der Waals surface area (Å²) in [5, 5.41) is 0. The van der Waals surface area contributed by atoms with Gasteiger partial charge in [0.05, 0.1) is 0 Å². The van der Waals surface area contributed by atoms with E-state index in [-0.39, 0.29) is 0 Å². The first-order valence-electron chi connectivity index (χ1n) is 3.19. The third-order valence-corrected chi connectivity index (χ3v) is 1.48. The fourth-order valence-electron chi connectivity index (χ4n) is 0.398. The van der Waals surface area contributed by atoms with Crippen molar-refractivity contribution in [1.82, 2.24) is 4.90 Å². The maximum Gasteiger partial charge on any atom is 0.101 e. The molecule has 10 heavy (non-hydrogen) atoms. The van der Waals surface area contributed by atoms with Crippen molar-refractivity contribution in [3.05, 3.63) is 24.3 Å². The molecule has 0 saturated heterocycles. The number of rotatable bonds is 2. The van der Waals surface area contributed by atoms with Gasteiger partial charge in [0, 0.05) is 14.1 Å². The highest BCUT2D eigenvalue weighted by Gasteiger charge is 1.88. The van der Waals surface area contributed by atoms with Gasteiger partial charge >= 0.3 is 0 Å². The Morgan fingerprint density at radius 1 is 1.30 bits per heavy atom. The SMILES string of the molecule is CC=CC=CC(=S)N(C)C. The number of thiocarbonyl (C=S) groups is 1. The number of likely N-dealkylation sites (N-methyl/N-ethyl adjacent to an activating group) is 1. The van der Waals surface area contributed by atoms with Crippen molar-refractivity contribution in [2.75, 3.05) is 14.1 Å². The van der Waals surface area contributed by atoms with E-state index >= 15 is 0 Å². The highest BCUT2D eigenvalue weighted by Crippen LogP contribution is 1.86. The molecule has 0 saturated carbocycles. The number of hydrogen-bond acceptors (Lipinski definition) is 1. The Kier molecular flexibility index (Phi) is 4.85. The second-order valence-electron chi connectivity index (χ2n) is 2.12. The Hall–Kier alpha value is -0.630. The highest BCUT2D eigenvalue weighted by atomic mass is 32.1. The minimum absolute atomic E-state index is 0.845. The van der Waals surface area contributed by atoms with Crippen molar-refractivity contribution in [2.24, 2.45) is 0 Å². The summed E-state index contributed by atoms with van der Waals surface area (Å²) in [5.41, 5.74) is 0. The van der Waals surface area contributed by atoms with Gasteiger partial charge in [-0.25, -0.2) is 0 Å². The molecule has 1 nitrogen and oxygen atoms in total. The quantitative estimate of drug-likeness (QED) is 0.341. The minimum Gasteiger partial charge on any atom is -0.369 e. The Labute approximate surface area is 68.0 Å². The molecule has 0 aromatic carbocycles. The zero-order chi connectivity index (χ0) is 7.98. The molecule has 0 aromatic rings. The maximum absolute atomic E-state index is 5.00. The second-order valence-corrected chi connectivity index (χ2v) is 2.54. The fourth-order valence-corrected chi connectivity index (χ4v) is 0.477. The molecular formula is C8H13NS. The topological polar surface area (TPSA) is 3.24 Å². The predicted molar refractivity (Wildman–Crippen MR) is 50.2 cm³/mol. The van der Waals surface area contributed by atoms with Crippen LogP contribution >= 0.6 is 12.2 Å². The van der Waals surface area contributed by atoms with Crippen LogP contribution < -0.4 is 0 Å². The lowest BCUT2D eigenvalue weighted by molar-refractivity contribution is 0.639. The summed E-state index contributed by atoms with van der Waals surface area (Å²) in [4.78, 5) is 2.74. The molecule has 0 atom stereocenters. The molecule has 0 aromatic heterocycles. The molecule has 0 aliphatic heterocycles.